The second kappa shape index (κ2) is 7.40. The van der Waals surface area contributed by atoms with Crippen LogP contribution in [0.15, 0.2) is 60.7 Å². The summed E-state index contributed by atoms with van der Waals surface area (Å²) in [6.07, 6.45) is 2.04. The Bertz CT molecular complexity index is 567. The molecule has 0 amide bonds. The average Bonchev–Trinajstić information content (AvgIpc) is 2.96. The molecule has 1 fully saturated rings. The number of nitrogens with zero attached hydrogens (tertiary/aromatic N) is 1. The molecule has 2 aromatic rings. The standard InChI is InChI=1S/C19H24NO.BrH/c1-20(14-8-9-15-20)18(16-10-4-2-5-11-16)19(21)17-12-6-3-7-13-17;/h2-7,10-13,18-19,21H,8-9,14-15H2,1H3;1H/q+1;/p-1/t18-,19-;/m1./s1. The highest BCUT2D eigenvalue weighted by atomic mass is 79.9. The highest BCUT2D eigenvalue weighted by molar-refractivity contribution is 5.25. The third-order valence-corrected chi connectivity index (χ3v) is 4.84. The van der Waals surface area contributed by atoms with Crippen molar-refractivity contribution < 1.29 is 26.6 Å². The van der Waals surface area contributed by atoms with Gasteiger partial charge in [-0.05, 0) is 5.56 Å². The van der Waals surface area contributed by atoms with E-state index in [9.17, 15) is 5.11 Å². The van der Waals surface area contributed by atoms with Crippen molar-refractivity contribution in [1.82, 2.24) is 0 Å². The molecule has 1 aliphatic heterocycles. The molecular formula is C19H24BrNO. The maximum absolute atomic E-state index is 11.0. The molecule has 0 aliphatic carbocycles. The molecule has 0 saturated carbocycles. The Morgan fingerprint density at radius 2 is 1.27 bits per heavy atom. The zero-order valence-electron chi connectivity index (χ0n) is 13.0. The number of aliphatic hydroxyl groups excluding tert-OH is 1. The molecule has 1 aliphatic rings. The van der Waals surface area contributed by atoms with Gasteiger partial charge in [-0.1, -0.05) is 60.7 Å². The van der Waals surface area contributed by atoms with Gasteiger partial charge in [0.2, 0.25) is 0 Å². The number of halogens is 1. The van der Waals surface area contributed by atoms with Crippen LogP contribution in [0.1, 0.15) is 36.1 Å². The van der Waals surface area contributed by atoms with Crippen LogP contribution in [0.25, 0.3) is 0 Å². The lowest BCUT2D eigenvalue weighted by Gasteiger charge is -2.40. The number of likely N-dealkylation sites (N-methyl/N-ethyl adjacent to an activating group) is 1. The van der Waals surface area contributed by atoms with Crippen molar-refractivity contribution >= 4 is 0 Å². The minimum atomic E-state index is -0.461. The zero-order valence-corrected chi connectivity index (χ0v) is 14.6. The molecule has 0 radical (unpaired) electrons. The first-order chi connectivity index (χ1) is 10.2. The molecule has 2 aromatic carbocycles. The SMILES string of the molecule is C[N+]1([C@H](c2ccccc2)[C@H](O)c2ccccc2)CCCC1.[Br-]. The second-order valence-corrected chi connectivity index (χ2v) is 6.34. The van der Waals surface area contributed by atoms with Gasteiger partial charge in [0.05, 0.1) is 20.1 Å². The average molecular weight is 362 g/mol. The van der Waals surface area contributed by atoms with Gasteiger partial charge in [0.15, 0.2) is 0 Å². The highest BCUT2D eigenvalue weighted by Gasteiger charge is 2.41. The van der Waals surface area contributed by atoms with E-state index >= 15 is 0 Å². The quantitative estimate of drug-likeness (QED) is 0.795. The lowest BCUT2D eigenvalue weighted by atomic mass is 9.93. The summed E-state index contributed by atoms with van der Waals surface area (Å²) in [5, 5.41) is 11.0. The van der Waals surface area contributed by atoms with Gasteiger partial charge in [-0.3, -0.25) is 0 Å². The van der Waals surface area contributed by atoms with Gasteiger partial charge in [0.25, 0.3) is 0 Å². The molecule has 0 aromatic heterocycles. The Morgan fingerprint density at radius 3 is 1.77 bits per heavy atom. The molecule has 1 saturated heterocycles. The van der Waals surface area contributed by atoms with Crippen molar-refractivity contribution in [2.45, 2.75) is 25.0 Å². The highest BCUT2D eigenvalue weighted by Crippen LogP contribution is 2.40. The van der Waals surface area contributed by atoms with Crippen LogP contribution in [0.4, 0.5) is 0 Å². The predicted octanol–water partition coefficient (Wildman–Crippen LogP) is 0.706. The Labute approximate surface area is 143 Å². The van der Waals surface area contributed by atoms with Gasteiger partial charge >= 0.3 is 0 Å². The lowest BCUT2D eigenvalue weighted by Crippen LogP contribution is -3.00. The third kappa shape index (κ3) is 3.43. The van der Waals surface area contributed by atoms with Crippen molar-refractivity contribution in [3.63, 3.8) is 0 Å². The van der Waals surface area contributed by atoms with Crippen LogP contribution >= 0.6 is 0 Å². The van der Waals surface area contributed by atoms with E-state index in [0.717, 1.165) is 23.1 Å². The fourth-order valence-electron chi connectivity index (χ4n) is 3.70. The van der Waals surface area contributed by atoms with Gasteiger partial charge < -0.3 is 26.6 Å². The summed E-state index contributed by atoms with van der Waals surface area (Å²) >= 11 is 0. The Kier molecular flexibility index (Phi) is 5.79. The summed E-state index contributed by atoms with van der Waals surface area (Å²) < 4.78 is 0.931. The molecule has 3 heteroatoms. The monoisotopic (exact) mass is 361 g/mol. The molecule has 0 bridgehead atoms. The van der Waals surface area contributed by atoms with Crippen molar-refractivity contribution in [1.29, 1.82) is 0 Å². The smallest absolute Gasteiger partial charge is 0.145 e. The number of likely N-dealkylation sites (tertiary alicyclic amines) is 1. The molecule has 2 nitrogen and oxygen atoms in total. The van der Waals surface area contributed by atoms with Crippen LogP contribution in [-0.2, 0) is 0 Å². The first kappa shape index (κ1) is 17.2. The van der Waals surface area contributed by atoms with E-state index in [-0.39, 0.29) is 23.0 Å². The van der Waals surface area contributed by atoms with E-state index in [1.54, 1.807) is 0 Å². The fraction of sp³-hybridized carbons (Fsp3) is 0.368. The molecule has 1 N–H and O–H groups in total. The molecule has 0 unspecified atom stereocenters. The van der Waals surface area contributed by atoms with Crippen LogP contribution in [0, 0.1) is 0 Å². The summed E-state index contributed by atoms with van der Waals surface area (Å²) in [5.41, 5.74) is 2.25. The summed E-state index contributed by atoms with van der Waals surface area (Å²) in [6.45, 7) is 2.28. The van der Waals surface area contributed by atoms with Crippen LogP contribution < -0.4 is 17.0 Å². The number of hydrogen-bond acceptors (Lipinski definition) is 1. The molecular weight excluding hydrogens is 338 g/mol. The van der Waals surface area contributed by atoms with E-state index < -0.39 is 6.10 Å². The van der Waals surface area contributed by atoms with E-state index in [4.69, 9.17) is 0 Å². The minimum Gasteiger partial charge on any atom is -1.00 e. The summed E-state index contributed by atoms with van der Waals surface area (Å²) in [4.78, 5) is 0. The molecule has 22 heavy (non-hydrogen) atoms. The maximum atomic E-state index is 11.0. The number of rotatable bonds is 4. The molecule has 1 heterocycles. The first-order valence-electron chi connectivity index (χ1n) is 7.83. The van der Waals surface area contributed by atoms with E-state index in [1.807, 2.05) is 36.4 Å². The van der Waals surface area contributed by atoms with Crippen LogP contribution in [-0.4, -0.2) is 29.7 Å². The van der Waals surface area contributed by atoms with Crippen molar-refractivity contribution in [3.8, 4) is 0 Å². The molecule has 0 spiro atoms. The Morgan fingerprint density at radius 1 is 0.818 bits per heavy atom. The summed E-state index contributed by atoms with van der Waals surface area (Å²) in [7, 11) is 2.29. The lowest BCUT2D eigenvalue weighted by molar-refractivity contribution is -0.932. The van der Waals surface area contributed by atoms with Crippen LogP contribution in [0.2, 0.25) is 0 Å². The topological polar surface area (TPSA) is 20.2 Å². The fourth-order valence-corrected chi connectivity index (χ4v) is 3.70. The number of aliphatic hydroxyl groups is 1. The van der Waals surface area contributed by atoms with Crippen LogP contribution in [0.3, 0.4) is 0 Å². The van der Waals surface area contributed by atoms with Gasteiger partial charge in [0.1, 0.15) is 12.1 Å². The van der Waals surface area contributed by atoms with E-state index in [1.165, 1.54) is 18.4 Å². The first-order valence-corrected chi connectivity index (χ1v) is 7.83. The summed E-state index contributed by atoms with van der Waals surface area (Å²) in [6, 6.07) is 20.7. The Hall–Kier alpha value is -1.16. The minimum absolute atomic E-state index is 0. The maximum Gasteiger partial charge on any atom is 0.145 e. The second-order valence-electron chi connectivity index (χ2n) is 6.34. The van der Waals surface area contributed by atoms with Gasteiger partial charge in [-0.2, -0.15) is 0 Å². The molecule has 118 valence electrons. The number of quaternary nitrogens is 1. The van der Waals surface area contributed by atoms with E-state index in [0.29, 0.717) is 0 Å². The van der Waals surface area contributed by atoms with Gasteiger partial charge in [-0.15, -0.1) is 0 Å². The van der Waals surface area contributed by atoms with Crippen LogP contribution in [0.5, 0.6) is 0 Å². The predicted molar refractivity (Wildman–Crippen MR) is 85.7 cm³/mol. The third-order valence-electron chi connectivity index (χ3n) is 4.84. The zero-order chi connectivity index (χ0) is 14.7. The number of benzene rings is 2. The van der Waals surface area contributed by atoms with Crippen molar-refractivity contribution in [3.05, 3.63) is 71.8 Å². The normalized spacial score (nSPS) is 19.2. The Balaban J connectivity index is 0.00000176. The molecule has 3 rings (SSSR count). The van der Waals surface area contributed by atoms with Gasteiger partial charge in [-0.25, -0.2) is 0 Å². The largest absolute Gasteiger partial charge is 1.00 e. The van der Waals surface area contributed by atoms with Gasteiger partial charge in [0, 0.05) is 18.4 Å². The van der Waals surface area contributed by atoms with E-state index in [2.05, 4.69) is 31.3 Å². The van der Waals surface area contributed by atoms with Crippen molar-refractivity contribution in [2.24, 2.45) is 0 Å². The van der Waals surface area contributed by atoms with Crippen molar-refractivity contribution in [2.75, 3.05) is 20.1 Å². The summed E-state index contributed by atoms with van der Waals surface area (Å²) in [5.74, 6) is 0. The number of hydrogen-bond donors (Lipinski definition) is 1. The molecule has 2 atom stereocenters.